The van der Waals surface area contributed by atoms with Crippen molar-refractivity contribution in [3.8, 4) is 0 Å². The van der Waals surface area contributed by atoms with Crippen molar-refractivity contribution in [3.63, 3.8) is 0 Å². The van der Waals surface area contributed by atoms with Crippen LogP contribution in [-0.4, -0.2) is 20.5 Å². The van der Waals surface area contributed by atoms with E-state index in [1.54, 1.807) is 13.8 Å². The van der Waals surface area contributed by atoms with Crippen LogP contribution in [0, 0.1) is 17.5 Å². The van der Waals surface area contributed by atoms with Crippen molar-refractivity contribution in [3.05, 3.63) is 29.6 Å². The van der Waals surface area contributed by atoms with Crippen molar-refractivity contribution in [2.24, 2.45) is 5.73 Å². The predicted molar refractivity (Wildman–Crippen MR) is 69.0 cm³/mol. The van der Waals surface area contributed by atoms with Crippen LogP contribution in [0.5, 0.6) is 0 Å². The fraction of sp³-hybridized carbons (Fsp3) is 0.500. The van der Waals surface area contributed by atoms with E-state index in [2.05, 4.69) is 4.72 Å². The minimum atomic E-state index is -4.30. The van der Waals surface area contributed by atoms with E-state index in [1.807, 2.05) is 0 Å². The standard InChI is InChI=1S/C12H17F3N2O2S/c1-3-12(16,4-2)7-17-20(18,19)11-6-9(14)8(13)5-10(11)15/h5-6,17H,3-4,7,16H2,1-2H3. The highest BCUT2D eigenvalue weighted by atomic mass is 32.2. The number of hydrogen-bond donors (Lipinski definition) is 2. The minimum Gasteiger partial charge on any atom is -0.324 e. The van der Waals surface area contributed by atoms with Gasteiger partial charge in [-0.05, 0) is 18.9 Å². The summed E-state index contributed by atoms with van der Waals surface area (Å²) in [7, 11) is -4.30. The average molecular weight is 310 g/mol. The molecule has 0 unspecified atom stereocenters. The van der Waals surface area contributed by atoms with Gasteiger partial charge in [0, 0.05) is 18.2 Å². The smallest absolute Gasteiger partial charge is 0.243 e. The molecule has 8 heteroatoms. The van der Waals surface area contributed by atoms with E-state index in [9.17, 15) is 21.6 Å². The first-order valence-corrected chi connectivity index (χ1v) is 7.56. The maximum atomic E-state index is 13.5. The number of nitrogens with one attached hydrogen (secondary N) is 1. The van der Waals surface area contributed by atoms with Gasteiger partial charge in [0.25, 0.3) is 0 Å². The summed E-state index contributed by atoms with van der Waals surface area (Å²) in [5.74, 6) is -4.24. The molecule has 0 amide bonds. The Hall–Kier alpha value is -1.12. The third-order valence-corrected chi connectivity index (χ3v) is 4.70. The Morgan fingerprint density at radius 2 is 1.60 bits per heavy atom. The fourth-order valence-electron chi connectivity index (χ4n) is 1.53. The lowest BCUT2D eigenvalue weighted by Crippen LogP contribution is -2.49. The van der Waals surface area contributed by atoms with E-state index in [4.69, 9.17) is 5.73 Å². The molecule has 0 aromatic heterocycles. The molecule has 0 heterocycles. The summed E-state index contributed by atoms with van der Waals surface area (Å²) in [6.07, 6.45) is 1.01. The predicted octanol–water partition coefficient (Wildman–Crippen LogP) is 1.90. The van der Waals surface area contributed by atoms with Crippen LogP contribution in [0.25, 0.3) is 0 Å². The minimum absolute atomic E-state index is 0.124. The second-order valence-corrected chi connectivity index (χ2v) is 6.33. The first-order valence-electron chi connectivity index (χ1n) is 6.08. The molecule has 0 aliphatic rings. The highest BCUT2D eigenvalue weighted by molar-refractivity contribution is 7.89. The van der Waals surface area contributed by atoms with Crippen LogP contribution in [0.4, 0.5) is 13.2 Å². The Bertz CT molecular complexity index is 587. The second kappa shape index (κ2) is 6.11. The highest BCUT2D eigenvalue weighted by Gasteiger charge is 2.26. The number of hydrogen-bond acceptors (Lipinski definition) is 3. The van der Waals surface area contributed by atoms with Crippen molar-refractivity contribution >= 4 is 10.0 Å². The maximum absolute atomic E-state index is 13.5. The zero-order valence-electron chi connectivity index (χ0n) is 11.2. The Morgan fingerprint density at radius 1 is 1.10 bits per heavy atom. The van der Waals surface area contributed by atoms with Gasteiger partial charge in [-0.3, -0.25) is 0 Å². The first kappa shape index (κ1) is 16.9. The van der Waals surface area contributed by atoms with E-state index in [1.165, 1.54) is 0 Å². The lowest BCUT2D eigenvalue weighted by atomic mass is 9.95. The van der Waals surface area contributed by atoms with E-state index in [0.29, 0.717) is 18.9 Å². The first-order chi connectivity index (χ1) is 9.15. The Balaban J connectivity index is 3.04. The second-order valence-electron chi connectivity index (χ2n) is 4.59. The number of halogens is 3. The van der Waals surface area contributed by atoms with Crippen molar-refractivity contribution in [1.29, 1.82) is 0 Å². The van der Waals surface area contributed by atoms with Gasteiger partial charge in [0.1, 0.15) is 10.7 Å². The summed E-state index contributed by atoms with van der Waals surface area (Å²) in [6, 6.07) is 0.502. The van der Waals surface area contributed by atoms with Gasteiger partial charge in [0.15, 0.2) is 11.6 Å². The van der Waals surface area contributed by atoms with Gasteiger partial charge in [-0.2, -0.15) is 0 Å². The van der Waals surface area contributed by atoms with E-state index in [-0.39, 0.29) is 12.6 Å². The maximum Gasteiger partial charge on any atom is 0.243 e. The van der Waals surface area contributed by atoms with Crippen LogP contribution in [0.1, 0.15) is 26.7 Å². The quantitative estimate of drug-likeness (QED) is 0.788. The zero-order valence-corrected chi connectivity index (χ0v) is 12.0. The monoisotopic (exact) mass is 310 g/mol. The van der Waals surface area contributed by atoms with E-state index in [0.717, 1.165) is 0 Å². The van der Waals surface area contributed by atoms with Gasteiger partial charge in [0.05, 0.1) is 0 Å². The topological polar surface area (TPSA) is 72.2 Å². The molecule has 0 fully saturated rings. The van der Waals surface area contributed by atoms with E-state index < -0.39 is 37.9 Å². The lowest BCUT2D eigenvalue weighted by molar-refractivity contribution is 0.391. The molecule has 0 atom stereocenters. The molecule has 3 N–H and O–H groups in total. The van der Waals surface area contributed by atoms with Crippen molar-refractivity contribution < 1.29 is 21.6 Å². The summed E-state index contributed by atoms with van der Waals surface area (Å²) in [6.45, 7) is 3.45. The molecule has 114 valence electrons. The van der Waals surface area contributed by atoms with Gasteiger partial charge < -0.3 is 5.73 Å². The molecule has 1 aromatic carbocycles. The van der Waals surface area contributed by atoms with Gasteiger partial charge in [-0.15, -0.1) is 0 Å². The normalized spacial score (nSPS) is 12.7. The van der Waals surface area contributed by atoms with Crippen LogP contribution >= 0.6 is 0 Å². The third-order valence-electron chi connectivity index (χ3n) is 3.29. The Morgan fingerprint density at radius 3 is 2.10 bits per heavy atom. The number of benzene rings is 1. The Labute approximate surface area is 116 Å². The van der Waals surface area contributed by atoms with Gasteiger partial charge >= 0.3 is 0 Å². The molecule has 0 radical (unpaired) electrons. The molecular formula is C12H17F3N2O2S. The van der Waals surface area contributed by atoms with Gasteiger partial charge in [-0.25, -0.2) is 26.3 Å². The number of sulfonamides is 1. The van der Waals surface area contributed by atoms with Gasteiger partial charge in [-0.1, -0.05) is 13.8 Å². The Kier molecular flexibility index (Phi) is 5.17. The molecule has 0 aliphatic heterocycles. The SMILES string of the molecule is CCC(N)(CC)CNS(=O)(=O)c1cc(F)c(F)cc1F. The molecule has 20 heavy (non-hydrogen) atoms. The summed E-state index contributed by atoms with van der Waals surface area (Å²) >= 11 is 0. The molecule has 0 aliphatic carbocycles. The molecular weight excluding hydrogens is 293 g/mol. The fourth-order valence-corrected chi connectivity index (χ4v) is 2.73. The summed E-state index contributed by atoms with van der Waals surface area (Å²) < 4.78 is 65.2. The molecule has 1 aromatic rings. The van der Waals surface area contributed by atoms with Crippen LogP contribution in [0.15, 0.2) is 17.0 Å². The summed E-state index contributed by atoms with van der Waals surface area (Å²) in [5, 5.41) is 0. The molecule has 0 spiro atoms. The average Bonchev–Trinajstić information content (AvgIpc) is 2.40. The molecule has 0 bridgehead atoms. The van der Waals surface area contributed by atoms with Crippen LogP contribution in [0.2, 0.25) is 0 Å². The highest BCUT2D eigenvalue weighted by Crippen LogP contribution is 2.19. The van der Waals surface area contributed by atoms with Crippen LogP contribution in [-0.2, 0) is 10.0 Å². The third kappa shape index (κ3) is 3.71. The van der Waals surface area contributed by atoms with Crippen molar-refractivity contribution in [2.75, 3.05) is 6.54 Å². The molecule has 4 nitrogen and oxygen atoms in total. The molecule has 0 saturated heterocycles. The zero-order chi connectivity index (χ0) is 15.6. The summed E-state index contributed by atoms with van der Waals surface area (Å²) in [4.78, 5) is -0.939. The summed E-state index contributed by atoms with van der Waals surface area (Å²) in [5.41, 5.74) is 5.14. The van der Waals surface area contributed by atoms with Crippen molar-refractivity contribution in [2.45, 2.75) is 37.1 Å². The largest absolute Gasteiger partial charge is 0.324 e. The van der Waals surface area contributed by atoms with Crippen molar-refractivity contribution in [1.82, 2.24) is 4.72 Å². The van der Waals surface area contributed by atoms with Crippen LogP contribution in [0.3, 0.4) is 0 Å². The molecule has 1 rings (SSSR count). The van der Waals surface area contributed by atoms with Crippen LogP contribution < -0.4 is 10.5 Å². The number of nitrogens with two attached hydrogens (primary N) is 1. The van der Waals surface area contributed by atoms with E-state index >= 15 is 0 Å². The lowest BCUT2D eigenvalue weighted by Gasteiger charge is -2.26. The van der Waals surface area contributed by atoms with Gasteiger partial charge in [0.2, 0.25) is 10.0 Å². The molecule has 0 saturated carbocycles. The number of rotatable bonds is 6.